The van der Waals surface area contributed by atoms with Crippen molar-refractivity contribution in [1.82, 2.24) is 20.3 Å². The number of amides is 1. The first kappa shape index (κ1) is 24.8. The molecule has 0 atom stereocenters. The molecule has 0 saturated carbocycles. The van der Waals surface area contributed by atoms with Crippen molar-refractivity contribution in [2.45, 2.75) is 6.04 Å². The van der Waals surface area contributed by atoms with Gasteiger partial charge in [0.2, 0.25) is 11.6 Å². The highest BCUT2D eigenvalue weighted by atomic mass is 16.6. The van der Waals surface area contributed by atoms with Crippen LogP contribution in [0.1, 0.15) is 27.5 Å². The van der Waals surface area contributed by atoms with Crippen LogP contribution in [0.3, 0.4) is 0 Å². The molecule has 38 heavy (non-hydrogen) atoms. The van der Waals surface area contributed by atoms with Gasteiger partial charge in [-0.1, -0.05) is 78.9 Å². The normalized spacial score (nSPS) is 13.8. The van der Waals surface area contributed by atoms with Gasteiger partial charge in [0.05, 0.1) is 11.0 Å². The number of benzene rings is 3. The molecular formula is C28H27N7O3. The molecular weight excluding hydrogens is 482 g/mol. The van der Waals surface area contributed by atoms with Crippen LogP contribution in [0.25, 0.3) is 0 Å². The Hall–Kier alpha value is -4.83. The Morgan fingerprint density at radius 1 is 0.816 bits per heavy atom. The van der Waals surface area contributed by atoms with Crippen molar-refractivity contribution in [3.63, 3.8) is 0 Å². The van der Waals surface area contributed by atoms with Gasteiger partial charge in [0, 0.05) is 31.7 Å². The molecule has 10 heteroatoms. The lowest BCUT2D eigenvalue weighted by Gasteiger charge is -2.40. The lowest BCUT2D eigenvalue weighted by Crippen LogP contribution is -2.48. The van der Waals surface area contributed by atoms with Gasteiger partial charge >= 0.3 is 5.69 Å². The molecule has 0 radical (unpaired) electrons. The molecule has 5 rings (SSSR count). The minimum atomic E-state index is -0.518. The van der Waals surface area contributed by atoms with Gasteiger partial charge in [-0.2, -0.15) is 0 Å². The van der Waals surface area contributed by atoms with Gasteiger partial charge in [0.15, 0.2) is 0 Å². The van der Waals surface area contributed by atoms with Crippen LogP contribution in [-0.2, 0) is 0 Å². The van der Waals surface area contributed by atoms with Crippen LogP contribution in [0.2, 0.25) is 0 Å². The fourth-order valence-electron chi connectivity index (χ4n) is 4.71. The Labute approximate surface area is 220 Å². The summed E-state index contributed by atoms with van der Waals surface area (Å²) in [7, 11) is 0. The molecule has 1 amide bonds. The number of carbonyl (C=O) groups excluding carboxylic acids is 1. The summed E-state index contributed by atoms with van der Waals surface area (Å²) in [5.74, 6) is -0.281. The maximum absolute atomic E-state index is 12.4. The number of hydrazine groups is 1. The highest BCUT2D eigenvalue weighted by molar-refractivity contribution is 5.95. The molecule has 1 aromatic heterocycles. The lowest BCUT2D eigenvalue weighted by molar-refractivity contribution is -0.383. The van der Waals surface area contributed by atoms with Gasteiger partial charge in [-0.25, -0.2) is 9.97 Å². The molecule has 10 nitrogen and oxygen atoms in total. The van der Waals surface area contributed by atoms with Crippen molar-refractivity contribution in [3.8, 4) is 0 Å². The zero-order valence-corrected chi connectivity index (χ0v) is 20.6. The van der Waals surface area contributed by atoms with Gasteiger partial charge in [0.25, 0.3) is 5.91 Å². The molecule has 0 bridgehead atoms. The van der Waals surface area contributed by atoms with Crippen LogP contribution in [0.4, 0.5) is 17.3 Å². The molecule has 1 aliphatic heterocycles. The van der Waals surface area contributed by atoms with Crippen molar-refractivity contribution < 1.29 is 9.72 Å². The van der Waals surface area contributed by atoms with E-state index in [1.165, 1.54) is 17.5 Å². The highest BCUT2D eigenvalue weighted by Crippen LogP contribution is 2.34. The minimum absolute atomic E-state index is 0.0711. The largest absolute Gasteiger partial charge is 0.355 e. The molecule has 1 fully saturated rings. The Balaban J connectivity index is 1.33. The van der Waals surface area contributed by atoms with Crippen molar-refractivity contribution in [2.75, 3.05) is 36.5 Å². The van der Waals surface area contributed by atoms with E-state index >= 15 is 0 Å². The smallest absolute Gasteiger partial charge is 0.348 e. The zero-order chi connectivity index (χ0) is 26.3. The van der Waals surface area contributed by atoms with Crippen LogP contribution >= 0.6 is 0 Å². The van der Waals surface area contributed by atoms with E-state index in [9.17, 15) is 14.9 Å². The van der Waals surface area contributed by atoms with E-state index < -0.39 is 10.8 Å². The molecule has 0 aliphatic carbocycles. The fourth-order valence-corrected chi connectivity index (χ4v) is 4.71. The quantitative estimate of drug-likeness (QED) is 0.270. The standard InChI is InChI=1S/C28H27N7O3/c36-28(23-14-8-3-9-15-23)32-31-26-25(35(37)38)27(30-20-29-26)34-18-16-33(17-19-34)24(21-10-4-1-5-11-21)22-12-6-2-7-13-22/h1-15,20,24H,16-19H2,(H,32,36)(H,29,30,31). The number of nitrogens with one attached hydrogen (secondary N) is 2. The topological polar surface area (TPSA) is 117 Å². The third-order valence-corrected chi connectivity index (χ3v) is 6.53. The minimum Gasteiger partial charge on any atom is -0.348 e. The number of piperazine rings is 1. The van der Waals surface area contributed by atoms with Crippen molar-refractivity contribution >= 4 is 23.2 Å². The van der Waals surface area contributed by atoms with Gasteiger partial charge in [-0.15, -0.1) is 0 Å². The van der Waals surface area contributed by atoms with Crippen LogP contribution < -0.4 is 15.8 Å². The first-order valence-electron chi connectivity index (χ1n) is 12.3. The average Bonchev–Trinajstić information content (AvgIpc) is 2.97. The van der Waals surface area contributed by atoms with Crippen LogP contribution in [0, 0.1) is 10.1 Å². The summed E-state index contributed by atoms with van der Waals surface area (Å²) in [6.07, 6.45) is 1.27. The number of nitrogens with zero attached hydrogens (tertiary/aromatic N) is 5. The molecule has 2 heterocycles. The molecule has 0 unspecified atom stereocenters. The Bertz CT molecular complexity index is 1340. The van der Waals surface area contributed by atoms with Crippen molar-refractivity contribution in [3.05, 3.63) is 124 Å². The van der Waals surface area contributed by atoms with Gasteiger partial charge in [0.1, 0.15) is 6.33 Å². The number of hydrogen-bond donors (Lipinski definition) is 2. The van der Waals surface area contributed by atoms with Crippen LogP contribution in [0.15, 0.2) is 97.3 Å². The predicted octanol–water partition coefficient (Wildman–Crippen LogP) is 4.05. The second-order valence-electron chi connectivity index (χ2n) is 8.84. The summed E-state index contributed by atoms with van der Waals surface area (Å²) in [6, 6.07) is 29.3. The molecule has 3 aromatic carbocycles. The second-order valence-corrected chi connectivity index (χ2v) is 8.84. The predicted molar refractivity (Wildman–Crippen MR) is 145 cm³/mol. The lowest BCUT2D eigenvalue weighted by atomic mass is 9.96. The van der Waals surface area contributed by atoms with Crippen LogP contribution in [-0.4, -0.2) is 51.9 Å². The highest BCUT2D eigenvalue weighted by Gasteiger charge is 2.32. The zero-order valence-electron chi connectivity index (χ0n) is 20.6. The van der Waals surface area contributed by atoms with E-state index in [4.69, 9.17) is 0 Å². The number of hydrogen-bond acceptors (Lipinski definition) is 8. The van der Waals surface area contributed by atoms with E-state index in [0.29, 0.717) is 31.7 Å². The first-order valence-corrected chi connectivity index (χ1v) is 12.3. The van der Waals surface area contributed by atoms with E-state index in [2.05, 4.69) is 50.0 Å². The van der Waals surface area contributed by atoms with E-state index in [1.54, 1.807) is 30.3 Å². The maximum atomic E-state index is 12.4. The van der Waals surface area contributed by atoms with Crippen molar-refractivity contribution in [1.29, 1.82) is 0 Å². The Morgan fingerprint density at radius 3 is 1.92 bits per heavy atom. The van der Waals surface area contributed by atoms with E-state index in [1.807, 2.05) is 41.3 Å². The van der Waals surface area contributed by atoms with Gasteiger partial charge in [-0.05, 0) is 23.3 Å². The van der Waals surface area contributed by atoms with Crippen molar-refractivity contribution in [2.24, 2.45) is 0 Å². The summed E-state index contributed by atoms with van der Waals surface area (Å²) >= 11 is 0. The molecule has 1 aliphatic rings. The van der Waals surface area contributed by atoms with Gasteiger partial charge in [-0.3, -0.25) is 30.7 Å². The summed E-state index contributed by atoms with van der Waals surface area (Å²) < 4.78 is 0. The average molecular weight is 510 g/mol. The molecule has 1 saturated heterocycles. The first-order chi connectivity index (χ1) is 18.6. The summed E-state index contributed by atoms with van der Waals surface area (Å²) in [4.78, 5) is 36.5. The number of aromatic nitrogens is 2. The van der Waals surface area contributed by atoms with E-state index in [-0.39, 0.29) is 23.4 Å². The summed E-state index contributed by atoms with van der Waals surface area (Å²) in [5, 5.41) is 12.1. The number of nitro groups is 1. The Morgan fingerprint density at radius 2 is 1.37 bits per heavy atom. The third kappa shape index (κ3) is 5.45. The third-order valence-electron chi connectivity index (χ3n) is 6.53. The monoisotopic (exact) mass is 509 g/mol. The van der Waals surface area contributed by atoms with Gasteiger partial charge < -0.3 is 4.90 Å². The molecule has 2 N–H and O–H groups in total. The fraction of sp³-hybridized carbons (Fsp3) is 0.179. The van der Waals surface area contributed by atoms with E-state index in [0.717, 1.165) is 0 Å². The molecule has 4 aromatic rings. The number of rotatable bonds is 8. The number of carbonyl (C=O) groups is 1. The maximum Gasteiger partial charge on any atom is 0.355 e. The molecule has 192 valence electrons. The van der Waals surface area contributed by atoms with Crippen LogP contribution in [0.5, 0.6) is 0 Å². The summed E-state index contributed by atoms with van der Waals surface area (Å²) in [5.41, 5.74) is 7.63. The second kappa shape index (κ2) is 11.5. The molecule has 0 spiro atoms. The SMILES string of the molecule is O=C(NNc1ncnc(N2CCN(C(c3ccccc3)c3ccccc3)CC2)c1[N+](=O)[O-])c1ccccc1. The summed E-state index contributed by atoms with van der Waals surface area (Å²) in [6.45, 7) is 2.46. The number of anilines is 2. The Kier molecular flexibility index (Phi) is 7.51.